The third-order valence-corrected chi connectivity index (χ3v) is 4.02. The Hall–Kier alpha value is -4.07. The molecular weight excluding hydrogens is 346 g/mol. The van der Waals surface area contributed by atoms with Crippen molar-refractivity contribution in [2.24, 2.45) is 4.99 Å². The Morgan fingerprint density at radius 3 is 2.67 bits per heavy atom. The number of rotatable bonds is 3. The molecule has 4 rings (SSSR count). The number of carbonyl (C=O) groups is 1. The Bertz CT molecular complexity index is 1070. The Kier molecular flexibility index (Phi) is 4.06. The second-order valence-corrected chi connectivity index (χ2v) is 5.75. The number of hydrazine groups is 1. The summed E-state index contributed by atoms with van der Waals surface area (Å²) in [5.74, 6) is 0.0457. The van der Waals surface area contributed by atoms with E-state index in [4.69, 9.17) is 0 Å². The van der Waals surface area contributed by atoms with Gasteiger partial charge >= 0.3 is 0 Å². The van der Waals surface area contributed by atoms with Crippen LogP contribution in [0, 0.1) is 10.1 Å². The van der Waals surface area contributed by atoms with E-state index in [0.29, 0.717) is 17.2 Å². The van der Waals surface area contributed by atoms with Gasteiger partial charge < -0.3 is 0 Å². The first-order valence-corrected chi connectivity index (χ1v) is 8.07. The number of hydrogen-bond acceptors (Lipinski definition) is 6. The second kappa shape index (κ2) is 6.68. The summed E-state index contributed by atoms with van der Waals surface area (Å²) in [7, 11) is 0. The first-order chi connectivity index (χ1) is 13.1. The van der Waals surface area contributed by atoms with Crippen LogP contribution in [0.1, 0.15) is 15.9 Å². The number of nitro groups is 1. The maximum absolute atomic E-state index is 13.1. The molecule has 0 saturated carbocycles. The number of hydrogen-bond donors (Lipinski definition) is 1. The van der Waals surface area contributed by atoms with E-state index >= 15 is 0 Å². The quantitative estimate of drug-likeness (QED) is 0.571. The molecule has 1 aliphatic heterocycles. The van der Waals surface area contributed by atoms with Crippen LogP contribution in [0.15, 0.2) is 78.0 Å². The first-order valence-electron chi connectivity index (χ1n) is 8.07. The lowest BCUT2D eigenvalue weighted by Crippen LogP contribution is -2.48. The molecule has 0 fully saturated rings. The highest BCUT2D eigenvalue weighted by atomic mass is 16.6. The maximum Gasteiger partial charge on any atom is 0.277 e. The fourth-order valence-electron chi connectivity index (χ4n) is 2.73. The number of benzene rings is 2. The highest BCUT2D eigenvalue weighted by molar-refractivity contribution is 6.14. The lowest BCUT2D eigenvalue weighted by Gasteiger charge is -2.29. The van der Waals surface area contributed by atoms with Crippen molar-refractivity contribution < 1.29 is 9.72 Å². The predicted molar refractivity (Wildman–Crippen MR) is 99.9 cm³/mol. The van der Waals surface area contributed by atoms with Crippen LogP contribution in [0.5, 0.6) is 0 Å². The number of carbonyl (C=O) groups excluding carboxylic acids is 1. The van der Waals surface area contributed by atoms with Gasteiger partial charge in [-0.25, -0.2) is 10.0 Å². The lowest BCUT2D eigenvalue weighted by atomic mass is 10.1. The van der Waals surface area contributed by atoms with Crippen molar-refractivity contribution in [2.75, 3.05) is 5.01 Å². The molecule has 2 heterocycles. The van der Waals surface area contributed by atoms with Crippen LogP contribution in [-0.2, 0) is 0 Å². The van der Waals surface area contributed by atoms with Gasteiger partial charge in [0, 0.05) is 29.5 Å². The number of aliphatic imine (C=N–C) groups is 1. The van der Waals surface area contributed by atoms with Crippen LogP contribution in [0.4, 0.5) is 17.1 Å². The average molecular weight is 359 g/mol. The molecule has 0 atom stereocenters. The molecule has 8 heteroatoms. The van der Waals surface area contributed by atoms with E-state index in [1.807, 2.05) is 30.3 Å². The van der Waals surface area contributed by atoms with Gasteiger partial charge in [0.2, 0.25) is 0 Å². The van der Waals surface area contributed by atoms with Crippen molar-refractivity contribution in [1.29, 1.82) is 0 Å². The molecule has 3 aromatic rings. The van der Waals surface area contributed by atoms with Crippen molar-refractivity contribution in [3.8, 4) is 0 Å². The first kappa shape index (κ1) is 16.4. The SMILES string of the molecule is O=C(c1cccc([N+](=O)[O-])c1)N1NC(c2ccccc2)=Nc2cnccc21. The number of non-ortho nitro benzene ring substituents is 1. The van der Waals surface area contributed by atoms with Crippen molar-refractivity contribution in [2.45, 2.75) is 0 Å². The zero-order valence-electron chi connectivity index (χ0n) is 13.9. The Labute approximate surface area is 153 Å². The Morgan fingerprint density at radius 1 is 1.07 bits per heavy atom. The fourth-order valence-corrected chi connectivity index (χ4v) is 2.73. The van der Waals surface area contributed by atoms with Gasteiger partial charge in [0.05, 0.1) is 16.8 Å². The van der Waals surface area contributed by atoms with E-state index in [1.165, 1.54) is 29.3 Å². The average Bonchev–Trinajstić information content (AvgIpc) is 2.73. The van der Waals surface area contributed by atoms with Crippen LogP contribution < -0.4 is 10.4 Å². The maximum atomic E-state index is 13.1. The van der Waals surface area contributed by atoms with Crippen molar-refractivity contribution in [1.82, 2.24) is 10.4 Å². The summed E-state index contributed by atoms with van der Waals surface area (Å²) in [4.78, 5) is 32.2. The number of nitrogens with zero attached hydrogens (tertiary/aromatic N) is 4. The predicted octanol–water partition coefficient (Wildman–Crippen LogP) is 3.23. The Morgan fingerprint density at radius 2 is 1.89 bits per heavy atom. The number of nitro benzene ring substituents is 1. The normalized spacial score (nSPS) is 12.6. The number of pyridine rings is 1. The minimum absolute atomic E-state index is 0.148. The van der Waals surface area contributed by atoms with E-state index in [2.05, 4.69) is 15.4 Å². The second-order valence-electron chi connectivity index (χ2n) is 5.75. The van der Waals surface area contributed by atoms with E-state index in [9.17, 15) is 14.9 Å². The molecule has 0 bridgehead atoms. The van der Waals surface area contributed by atoms with Gasteiger partial charge in [0.15, 0.2) is 5.84 Å². The van der Waals surface area contributed by atoms with Gasteiger partial charge in [-0.3, -0.25) is 25.3 Å². The molecule has 8 nitrogen and oxygen atoms in total. The highest BCUT2D eigenvalue weighted by Gasteiger charge is 2.27. The van der Waals surface area contributed by atoms with Crippen molar-refractivity contribution >= 4 is 28.8 Å². The summed E-state index contributed by atoms with van der Waals surface area (Å²) in [6, 6.07) is 16.6. The van der Waals surface area contributed by atoms with E-state index < -0.39 is 10.8 Å². The number of amides is 1. The molecule has 132 valence electrons. The molecule has 2 aromatic carbocycles. The molecule has 1 aromatic heterocycles. The van der Waals surface area contributed by atoms with Gasteiger partial charge in [-0.1, -0.05) is 36.4 Å². The van der Waals surface area contributed by atoms with Gasteiger partial charge in [0.25, 0.3) is 11.6 Å². The van der Waals surface area contributed by atoms with Crippen LogP contribution >= 0.6 is 0 Å². The summed E-state index contributed by atoms with van der Waals surface area (Å²) in [6.45, 7) is 0. The molecule has 1 amide bonds. The molecule has 1 N–H and O–H groups in total. The van der Waals surface area contributed by atoms with E-state index in [1.54, 1.807) is 18.5 Å². The number of nitrogens with one attached hydrogen (secondary N) is 1. The smallest absolute Gasteiger partial charge is 0.274 e. The highest BCUT2D eigenvalue weighted by Crippen LogP contribution is 2.31. The monoisotopic (exact) mass is 359 g/mol. The van der Waals surface area contributed by atoms with Crippen LogP contribution in [-0.4, -0.2) is 21.7 Å². The zero-order chi connectivity index (χ0) is 18.8. The molecule has 0 unspecified atom stereocenters. The van der Waals surface area contributed by atoms with Crippen LogP contribution in [0.3, 0.4) is 0 Å². The molecule has 0 spiro atoms. The molecule has 0 saturated heterocycles. The molecule has 0 radical (unpaired) electrons. The van der Waals surface area contributed by atoms with Gasteiger partial charge in [0.1, 0.15) is 5.69 Å². The Balaban J connectivity index is 1.76. The fraction of sp³-hybridized carbons (Fsp3) is 0. The number of anilines is 1. The van der Waals surface area contributed by atoms with Gasteiger partial charge in [-0.2, -0.15) is 0 Å². The number of amidine groups is 1. The van der Waals surface area contributed by atoms with Crippen LogP contribution in [0.25, 0.3) is 0 Å². The third kappa shape index (κ3) is 3.11. The summed E-state index contributed by atoms with van der Waals surface area (Å²) < 4.78 is 0. The minimum atomic E-state index is -0.533. The summed E-state index contributed by atoms with van der Waals surface area (Å²) in [5.41, 5.74) is 4.88. The number of fused-ring (bicyclic) bond motifs is 1. The lowest BCUT2D eigenvalue weighted by molar-refractivity contribution is -0.384. The molecule has 1 aliphatic rings. The largest absolute Gasteiger partial charge is 0.277 e. The molecular formula is C19H13N5O3. The third-order valence-electron chi connectivity index (χ3n) is 4.02. The topological polar surface area (TPSA) is 101 Å². The standard InChI is InChI=1S/C19H13N5O3/c25-19(14-7-4-8-15(11-14)24(26)27)23-17-9-10-20-12-16(17)21-18(22-23)13-5-2-1-3-6-13/h1-12H,(H,21,22). The van der Waals surface area contributed by atoms with Gasteiger partial charge in [-0.15, -0.1) is 0 Å². The minimum Gasteiger partial charge on any atom is -0.274 e. The summed E-state index contributed by atoms with van der Waals surface area (Å²) >= 11 is 0. The summed E-state index contributed by atoms with van der Waals surface area (Å²) in [5, 5.41) is 12.3. The van der Waals surface area contributed by atoms with Gasteiger partial charge in [-0.05, 0) is 12.1 Å². The van der Waals surface area contributed by atoms with E-state index in [-0.39, 0.29) is 11.3 Å². The van der Waals surface area contributed by atoms with Crippen LogP contribution in [0.2, 0.25) is 0 Å². The van der Waals surface area contributed by atoms with E-state index in [0.717, 1.165) is 5.56 Å². The van der Waals surface area contributed by atoms with Crippen molar-refractivity contribution in [3.63, 3.8) is 0 Å². The molecule has 27 heavy (non-hydrogen) atoms. The number of aromatic nitrogens is 1. The molecule has 0 aliphatic carbocycles. The van der Waals surface area contributed by atoms with Crippen molar-refractivity contribution in [3.05, 3.63) is 94.3 Å². The zero-order valence-corrected chi connectivity index (χ0v) is 13.9. The summed E-state index contributed by atoms with van der Waals surface area (Å²) in [6.07, 6.45) is 3.12.